The van der Waals surface area contributed by atoms with Crippen LogP contribution in [0, 0.1) is 0 Å². The van der Waals surface area contributed by atoms with Gasteiger partial charge in [0, 0.05) is 26.2 Å². The van der Waals surface area contributed by atoms with Gasteiger partial charge in [-0.3, -0.25) is 9.11 Å². The monoisotopic (exact) mass is 230 g/mol. The molecule has 0 aromatic carbocycles. The first-order chi connectivity index (χ1) is 2.00. The Morgan fingerprint density at radius 2 is 1.12 bits per heavy atom. The average Bonchev–Trinajstić information content (AvgIpc) is 0.722. The van der Waals surface area contributed by atoms with E-state index in [0.29, 0.717) is 0 Å². The van der Waals surface area contributed by atoms with Crippen LogP contribution >= 0.6 is 0 Å². The minimum absolute atomic E-state index is 0. The Kier molecular flexibility index (Phi) is 24.6. The molecule has 0 aromatic heterocycles. The van der Waals surface area contributed by atoms with E-state index in [4.69, 9.17) is 17.5 Å². The molecule has 0 radical (unpaired) electrons. The predicted octanol–water partition coefficient (Wildman–Crippen LogP) is -2.13. The molecule has 0 amide bonds. The zero-order valence-electron chi connectivity index (χ0n) is 3.12. The van der Waals surface area contributed by atoms with Gasteiger partial charge in [0.2, 0.25) is 0 Å². The van der Waals surface area contributed by atoms with Crippen molar-refractivity contribution in [3.63, 3.8) is 0 Å². The van der Waals surface area contributed by atoms with Gasteiger partial charge in [0.25, 0.3) is 0 Å². The third-order valence-corrected chi connectivity index (χ3v) is 0. The standard InChI is InChI=1S/Na.H2O4S.H2O.Zr.H/c;1-5(2,3)4;;;/h;(H2,1,2,3,4);1H2;;. The normalized spacial score (nSPS) is 7.25. The van der Waals surface area contributed by atoms with Gasteiger partial charge < -0.3 is 5.48 Å². The summed E-state index contributed by atoms with van der Waals surface area (Å²) in [5.41, 5.74) is 0. The fraction of sp³-hybridized carbons (Fsp3) is 0. The van der Waals surface area contributed by atoms with Crippen LogP contribution in [0.1, 0.15) is 0 Å². The van der Waals surface area contributed by atoms with Gasteiger partial charge in [0.15, 0.2) is 0 Å². The molecule has 0 saturated carbocycles. The summed E-state index contributed by atoms with van der Waals surface area (Å²) in [6.45, 7) is 0. The van der Waals surface area contributed by atoms with E-state index in [0.717, 1.165) is 0 Å². The molecule has 8 heavy (non-hydrogen) atoms. The van der Waals surface area contributed by atoms with Crippen molar-refractivity contribution in [3.05, 3.63) is 0 Å². The minimum Gasteiger partial charge on any atom is 0 e. The molecule has 0 spiro atoms. The van der Waals surface area contributed by atoms with E-state index in [1.54, 1.807) is 0 Å². The van der Waals surface area contributed by atoms with Gasteiger partial charge in [-0.1, -0.05) is 0 Å². The summed E-state index contributed by atoms with van der Waals surface area (Å²) >= 11 is 0. The maximum atomic E-state index is 8.74. The first-order valence-electron chi connectivity index (χ1n) is 0.698. The average molecular weight is 231 g/mol. The van der Waals surface area contributed by atoms with E-state index in [1.807, 2.05) is 0 Å². The van der Waals surface area contributed by atoms with Crippen LogP contribution < -0.4 is 0 Å². The Hall–Kier alpha value is 1.71. The van der Waals surface area contributed by atoms with Crippen molar-refractivity contribution in [2.45, 2.75) is 0 Å². The number of hydrogen-bond donors (Lipinski definition) is 2. The van der Waals surface area contributed by atoms with Crippen LogP contribution in [0.25, 0.3) is 0 Å². The van der Waals surface area contributed by atoms with E-state index in [-0.39, 0.29) is 61.2 Å². The zero-order chi connectivity index (χ0) is 4.50. The van der Waals surface area contributed by atoms with Crippen LogP contribution in [-0.2, 0) is 36.6 Å². The molecule has 0 aliphatic heterocycles. The van der Waals surface area contributed by atoms with E-state index in [9.17, 15) is 0 Å². The van der Waals surface area contributed by atoms with Crippen LogP contribution in [0.5, 0.6) is 0 Å². The van der Waals surface area contributed by atoms with E-state index >= 15 is 0 Å². The molecule has 8 heteroatoms. The van der Waals surface area contributed by atoms with Gasteiger partial charge >= 0.3 is 40.0 Å². The summed E-state index contributed by atoms with van der Waals surface area (Å²) in [7, 11) is -4.67. The van der Waals surface area contributed by atoms with Gasteiger partial charge in [0.05, 0.1) is 0 Å². The summed E-state index contributed by atoms with van der Waals surface area (Å²) < 4.78 is 31.6. The Morgan fingerprint density at radius 3 is 1.12 bits per heavy atom. The molecule has 0 aliphatic carbocycles. The molecule has 0 heterocycles. The Morgan fingerprint density at radius 1 is 1.12 bits per heavy atom. The summed E-state index contributed by atoms with van der Waals surface area (Å²) in [6.07, 6.45) is 0. The molecular formula is H5NaO5SZr. The van der Waals surface area contributed by atoms with Crippen molar-refractivity contribution in [2.24, 2.45) is 0 Å². The third-order valence-electron chi connectivity index (χ3n) is 0. The largest absolute Gasteiger partial charge is 0 e. The van der Waals surface area contributed by atoms with E-state index < -0.39 is 10.4 Å². The molecule has 4 N–H and O–H groups in total. The molecule has 0 aliphatic rings. The molecule has 0 fully saturated rings. The summed E-state index contributed by atoms with van der Waals surface area (Å²) in [6, 6.07) is 0. The quantitative estimate of drug-likeness (QED) is 0.367. The van der Waals surface area contributed by atoms with Crippen LogP contribution in [-0.4, -0.2) is 52.6 Å². The van der Waals surface area contributed by atoms with Gasteiger partial charge in [0.1, 0.15) is 0 Å². The molecule has 0 bridgehead atoms. The topological polar surface area (TPSA) is 106 Å². The first kappa shape index (κ1) is 22.6. The second-order valence-corrected chi connectivity index (χ2v) is 1.34. The van der Waals surface area contributed by atoms with Gasteiger partial charge in [-0.25, -0.2) is 0 Å². The van der Waals surface area contributed by atoms with Crippen molar-refractivity contribution in [1.82, 2.24) is 0 Å². The molecule has 0 unspecified atom stereocenters. The van der Waals surface area contributed by atoms with Crippen molar-refractivity contribution in [1.29, 1.82) is 0 Å². The summed E-state index contributed by atoms with van der Waals surface area (Å²) in [5, 5.41) is 0. The molecule has 0 rings (SSSR count). The van der Waals surface area contributed by atoms with E-state index in [2.05, 4.69) is 0 Å². The summed E-state index contributed by atoms with van der Waals surface area (Å²) in [5.74, 6) is 0. The molecule has 0 atom stereocenters. The summed E-state index contributed by atoms with van der Waals surface area (Å²) in [4.78, 5) is 0. The van der Waals surface area contributed by atoms with Crippen molar-refractivity contribution >= 4 is 40.0 Å². The van der Waals surface area contributed by atoms with Gasteiger partial charge in [-0.2, -0.15) is 8.42 Å². The smallest absolute Gasteiger partial charge is 0 e. The number of hydrogen-bond acceptors (Lipinski definition) is 2. The Bertz CT molecular complexity index is 95.6. The SMILES string of the molecule is O.O=S(=O)(O)O.[NaH].[Zr]. The van der Waals surface area contributed by atoms with Crippen molar-refractivity contribution < 1.29 is 49.2 Å². The van der Waals surface area contributed by atoms with Crippen LogP contribution in [0.15, 0.2) is 0 Å². The maximum Gasteiger partial charge on any atom is 0 e. The third kappa shape index (κ3) is 118. The Balaban J connectivity index is -0.0000000267. The maximum absolute atomic E-state index is 8.74. The van der Waals surface area contributed by atoms with Crippen LogP contribution in [0.3, 0.4) is 0 Å². The van der Waals surface area contributed by atoms with Crippen molar-refractivity contribution in [2.75, 3.05) is 0 Å². The van der Waals surface area contributed by atoms with Gasteiger partial charge in [-0.15, -0.1) is 0 Å². The second-order valence-electron chi connectivity index (χ2n) is 0.448. The van der Waals surface area contributed by atoms with Crippen molar-refractivity contribution in [3.8, 4) is 0 Å². The fourth-order valence-electron chi connectivity index (χ4n) is 0. The fourth-order valence-corrected chi connectivity index (χ4v) is 0. The first-order valence-corrected chi connectivity index (χ1v) is 2.10. The van der Waals surface area contributed by atoms with Gasteiger partial charge in [-0.05, 0) is 0 Å². The molecule has 0 saturated heterocycles. The molecule has 46 valence electrons. The second kappa shape index (κ2) is 8.71. The predicted molar refractivity (Wildman–Crippen MR) is 24.9 cm³/mol. The van der Waals surface area contributed by atoms with Crippen LogP contribution in [0.2, 0.25) is 0 Å². The molecular weight excluding hydrogens is 226 g/mol. The molecule has 5 nitrogen and oxygen atoms in total. The Labute approximate surface area is 88.1 Å². The van der Waals surface area contributed by atoms with Crippen LogP contribution in [0.4, 0.5) is 0 Å². The number of rotatable bonds is 0. The van der Waals surface area contributed by atoms with E-state index in [1.165, 1.54) is 0 Å². The molecule has 0 aromatic rings. The zero-order valence-corrected chi connectivity index (χ0v) is 6.39. The minimum atomic E-state index is -4.67.